The van der Waals surface area contributed by atoms with Crippen molar-refractivity contribution in [3.63, 3.8) is 0 Å². The van der Waals surface area contributed by atoms with Gasteiger partial charge in [-0.2, -0.15) is 13.2 Å². The number of morpholine rings is 1. The van der Waals surface area contributed by atoms with Gasteiger partial charge in [-0.05, 0) is 17.7 Å². The first-order valence-corrected chi connectivity index (χ1v) is 7.73. The number of hydrogen-bond acceptors (Lipinski definition) is 3. The van der Waals surface area contributed by atoms with E-state index in [0.717, 1.165) is 12.1 Å². The summed E-state index contributed by atoms with van der Waals surface area (Å²) in [6.45, 7) is 2.06. The smallest absolute Gasteiger partial charge is 0.378 e. The summed E-state index contributed by atoms with van der Waals surface area (Å²) in [5.41, 5.74) is -0.169. The van der Waals surface area contributed by atoms with Crippen molar-refractivity contribution in [2.24, 2.45) is 0 Å². The van der Waals surface area contributed by atoms with Crippen LogP contribution in [0.2, 0.25) is 0 Å². The van der Waals surface area contributed by atoms with E-state index < -0.39 is 17.6 Å². The predicted octanol–water partition coefficient (Wildman–Crippen LogP) is 2.08. The number of likely N-dealkylation sites (N-methyl/N-ethyl adjacent to an activating group) is 1. The van der Waals surface area contributed by atoms with E-state index in [2.05, 4.69) is 0 Å². The molecule has 5 nitrogen and oxygen atoms in total. The lowest BCUT2D eigenvalue weighted by atomic mass is 10.1. The van der Waals surface area contributed by atoms with Crippen molar-refractivity contribution in [3.05, 3.63) is 47.5 Å². The molecule has 1 aliphatic rings. The lowest BCUT2D eigenvalue weighted by Gasteiger charge is -2.25. The van der Waals surface area contributed by atoms with E-state index in [1.165, 1.54) is 36.2 Å². The second kappa shape index (κ2) is 8.15. The fourth-order valence-electron chi connectivity index (χ4n) is 2.31. The maximum Gasteiger partial charge on any atom is 0.416 e. The molecule has 1 fully saturated rings. The molecular formula is C17H19F3N2O3. The van der Waals surface area contributed by atoms with Crippen LogP contribution in [0.4, 0.5) is 13.2 Å². The van der Waals surface area contributed by atoms with Crippen LogP contribution in [0.1, 0.15) is 11.1 Å². The Hall–Kier alpha value is -2.35. The zero-order chi connectivity index (χ0) is 18.4. The van der Waals surface area contributed by atoms with Crippen molar-refractivity contribution in [2.45, 2.75) is 12.7 Å². The van der Waals surface area contributed by atoms with Gasteiger partial charge in [0.05, 0.1) is 18.8 Å². The predicted molar refractivity (Wildman–Crippen MR) is 84.5 cm³/mol. The maximum absolute atomic E-state index is 12.5. The molecule has 2 rings (SSSR count). The number of carbonyl (C=O) groups excluding carboxylic acids is 2. The van der Waals surface area contributed by atoms with E-state index in [1.807, 2.05) is 0 Å². The van der Waals surface area contributed by atoms with Crippen molar-refractivity contribution < 1.29 is 27.5 Å². The first-order valence-electron chi connectivity index (χ1n) is 7.73. The Labute approximate surface area is 143 Å². The van der Waals surface area contributed by atoms with Gasteiger partial charge in [0.15, 0.2) is 0 Å². The molecule has 8 heteroatoms. The molecule has 0 bridgehead atoms. The molecule has 1 aromatic rings. The summed E-state index contributed by atoms with van der Waals surface area (Å²) in [7, 11) is 1.52. The van der Waals surface area contributed by atoms with Gasteiger partial charge in [-0.3, -0.25) is 9.59 Å². The largest absolute Gasteiger partial charge is 0.416 e. The highest BCUT2D eigenvalue weighted by Crippen LogP contribution is 2.29. The first kappa shape index (κ1) is 19.0. The third kappa shape index (κ3) is 5.60. The summed E-state index contributed by atoms with van der Waals surface area (Å²) < 4.78 is 42.7. The van der Waals surface area contributed by atoms with Gasteiger partial charge in [-0.1, -0.05) is 12.1 Å². The van der Waals surface area contributed by atoms with Crippen molar-refractivity contribution in [2.75, 3.05) is 33.4 Å². The Morgan fingerprint density at radius 1 is 1.16 bits per heavy atom. The van der Waals surface area contributed by atoms with Crippen molar-refractivity contribution in [1.82, 2.24) is 9.80 Å². The molecule has 2 amide bonds. The van der Waals surface area contributed by atoms with Gasteiger partial charge in [0.25, 0.3) is 0 Å². The number of benzene rings is 1. The number of halogens is 3. The second-order valence-corrected chi connectivity index (χ2v) is 5.66. The van der Waals surface area contributed by atoms with Gasteiger partial charge >= 0.3 is 6.18 Å². The minimum Gasteiger partial charge on any atom is -0.378 e. The number of nitrogens with zero attached hydrogens (tertiary/aromatic N) is 2. The normalized spacial score (nSPS) is 15.4. The number of alkyl halides is 3. The van der Waals surface area contributed by atoms with Gasteiger partial charge in [-0.15, -0.1) is 0 Å². The number of rotatable bonds is 4. The average molecular weight is 356 g/mol. The molecule has 1 aromatic carbocycles. The minimum atomic E-state index is -4.39. The molecule has 0 saturated carbocycles. The van der Waals surface area contributed by atoms with Crippen LogP contribution in [0, 0.1) is 0 Å². The van der Waals surface area contributed by atoms with Crippen LogP contribution >= 0.6 is 0 Å². The summed E-state index contributed by atoms with van der Waals surface area (Å²) in [6.07, 6.45) is -2.01. The second-order valence-electron chi connectivity index (χ2n) is 5.66. The molecule has 0 aromatic heterocycles. The molecule has 0 atom stereocenters. The Bertz CT molecular complexity index is 636. The van der Waals surface area contributed by atoms with Crippen LogP contribution in [0.3, 0.4) is 0 Å². The lowest BCUT2D eigenvalue weighted by molar-refractivity contribution is -0.137. The molecular weight excluding hydrogens is 337 g/mol. The number of hydrogen-bond donors (Lipinski definition) is 0. The molecule has 0 aliphatic carbocycles. The highest BCUT2D eigenvalue weighted by Gasteiger charge is 2.29. The van der Waals surface area contributed by atoms with E-state index in [-0.39, 0.29) is 12.5 Å². The third-order valence-corrected chi connectivity index (χ3v) is 3.77. The monoisotopic (exact) mass is 356 g/mol. The van der Waals surface area contributed by atoms with E-state index in [4.69, 9.17) is 4.74 Å². The zero-order valence-electron chi connectivity index (χ0n) is 13.8. The maximum atomic E-state index is 12.5. The average Bonchev–Trinajstić information content (AvgIpc) is 2.59. The summed E-state index contributed by atoms with van der Waals surface area (Å²) in [6, 6.07) is 4.61. The fraction of sp³-hybridized carbons (Fsp3) is 0.412. The first-order chi connectivity index (χ1) is 11.8. The Morgan fingerprint density at radius 2 is 1.76 bits per heavy atom. The summed E-state index contributed by atoms with van der Waals surface area (Å²) in [5.74, 6) is -0.666. The van der Waals surface area contributed by atoms with Gasteiger partial charge in [0, 0.05) is 38.8 Å². The number of amides is 2. The molecule has 1 aliphatic heterocycles. The highest BCUT2D eigenvalue weighted by atomic mass is 19.4. The highest BCUT2D eigenvalue weighted by molar-refractivity contribution is 5.96. The molecule has 0 radical (unpaired) electrons. The SMILES string of the molecule is CN(Cc1ccc(C(F)(F)F)cc1)C(=O)C=CC(=O)N1CCOCC1. The van der Waals surface area contributed by atoms with E-state index in [1.54, 1.807) is 4.90 Å². The molecule has 1 heterocycles. The quantitative estimate of drug-likeness (QED) is 0.776. The van der Waals surface area contributed by atoms with Crippen LogP contribution in [0.5, 0.6) is 0 Å². The van der Waals surface area contributed by atoms with E-state index in [0.29, 0.717) is 31.9 Å². The minimum absolute atomic E-state index is 0.146. The van der Waals surface area contributed by atoms with Crippen molar-refractivity contribution >= 4 is 11.8 Å². The molecule has 0 unspecified atom stereocenters. The van der Waals surface area contributed by atoms with Gasteiger partial charge in [-0.25, -0.2) is 0 Å². The number of carbonyl (C=O) groups is 2. The standard InChI is InChI=1S/C17H19F3N2O3/c1-21(12-13-2-4-14(5-3-13)17(18,19)20)15(23)6-7-16(24)22-8-10-25-11-9-22/h2-7H,8-12H2,1H3. The van der Waals surface area contributed by atoms with Crippen LogP contribution in [0.25, 0.3) is 0 Å². The third-order valence-electron chi connectivity index (χ3n) is 3.77. The summed E-state index contributed by atoms with van der Waals surface area (Å²) >= 11 is 0. The van der Waals surface area contributed by atoms with Crippen LogP contribution in [0.15, 0.2) is 36.4 Å². The van der Waals surface area contributed by atoms with Crippen LogP contribution < -0.4 is 0 Å². The molecule has 0 spiro atoms. The fourth-order valence-corrected chi connectivity index (χ4v) is 2.31. The van der Waals surface area contributed by atoms with E-state index >= 15 is 0 Å². The molecule has 1 saturated heterocycles. The van der Waals surface area contributed by atoms with Gasteiger partial charge < -0.3 is 14.5 Å². The summed E-state index contributed by atoms with van der Waals surface area (Å²) in [5, 5.41) is 0. The van der Waals surface area contributed by atoms with Crippen LogP contribution in [-0.2, 0) is 27.0 Å². The lowest BCUT2D eigenvalue weighted by Crippen LogP contribution is -2.40. The topological polar surface area (TPSA) is 49.9 Å². The molecule has 136 valence electrons. The molecule has 0 N–H and O–H groups in total. The van der Waals surface area contributed by atoms with Crippen molar-refractivity contribution in [1.29, 1.82) is 0 Å². The van der Waals surface area contributed by atoms with Crippen LogP contribution in [-0.4, -0.2) is 55.0 Å². The van der Waals surface area contributed by atoms with Crippen molar-refractivity contribution in [3.8, 4) is 0 Å². The summed E-state index contributed by atoms with van der Waals surface area (Å²) in [4.78, 5) is 26.9. The Balaban J connectivity index is 1.89. The zero-order valence-corrected chi connectivity index (χ0v) is 13.8. The molecule has 25 heavy (non-hydrogen) atoms. The Morgan fingerprint density at radius 3 is 2.32 bits per heavy atom. The number of ether oxygens (including phenoxy) is 1. The van der Waals surface area contributed by atoms with E-state index in [9.17, 15) is 22.8 Å². The van der Waals surface area contributed by atoms with Gasteiger partial charge in [0.2, 0.25) is 11.8 Å². The Kier molecular flexibility index (Phi) is 6.19. The van der Waals surface area contributed by atoms with Gasteiger partial charge in [0.1, 0.15) is 0 Å².